The summed E-state index contributed by atoms with van der Waals surface area (Å²) in [5.74, 6) is -1.15. The minimum atomic E-state index is -3.85. The second-order valence-electron chi connectivity index (χ2n) is 7.38. The molecule has 168 valence electrons. The van der Waals surface area contributed by atoms with Gasteiger partial charge in [-0.2, -0.15) is 0 Å². The Kier molecular flexibility index (Phi) is 7.20. The molecule has 0 amide bonds. The smallest absolute Gasteiger partial charge is 0.338 e. The van der Waals surface area contributed by atoms with E-state index in [1.807, 2.05) is 18.4 Å². The van der Waals surface area contributed by atoms with Gasteiger partial charge in [0.15, 0.2) is 6.61 Å². The Bertz CT molecular complexity index is 1100. The van der Waals surface area contributed by atoms with Crippen LogP contribution >= 0.6 is 11.6 Å². The quantitative estimate of drug-likeness (QED) is 0.472. The molecule has 1 N–H and O–H groups in total. The van der Waals surface area contributed by atoms with Crippen LogP contribution in [0.1, 0.15) is 44.9 Å². The summed E-state index contributed by atoms with van der Waals surface area (Å²) < 4.78 is 39.1. The number of carbonyl (C=O) groups excluding carboxylic acids is 2. The first-order valence-corrected chi connectivity index (χ1v) is 11.7. The lowest BCUT2D eigenvalue weighted by atomic mass is 10.1. The van der Waals surface area contributed by atoms with Gasteiger partial charge in [-0.05, 0) is 58.0 Å². The van der Waals surface area contributed by atoms with E-state index in [1.165, 1.54) is 19.2 Å². The van der Waals surface area contributed by atoms with Crippen LogP contribution in [-0.4, -0.2) is 51.1 Å². The number of hydrogen-bond donors (Lipinski definition) is 1. The maximum absolute atomic E-state index is 12.7. The third-order valence-electron chi connectivity index (χ3n) is 5.34. The van der Waals surface area contributed by atoms with Crippen LogP contribution in [0.2, 0.25) is 5.02 Å². The maximum atomic E-state index is 12.7. The maximum Gasteiger partial charge on any atom is 0.338 e. The van der Waals surface area contributed by atoms with Crippen molar-refractivity contribution in [1.29, 1.82) is 0 Å². The number of aryl methyl sites for hydroxylation is 1. The minimum absolute atomic E-state index is 0.0186. The van der Waals surface area contributed by atoms with E-state index in [-0.39, 0.29) is 27.4 Å². The van der Waals surface area contributed by atoms with Gasteiger partial charge < -0.3 is 14.0 Å². The Hall–Kier alpha value is -2.20. The molecule has 0 spiro atoms. The number of sulfonamides is 1. The second-order valence-corrected chi connectivity index (χ2v) is 9.64. The van der Waals surface area contributed by atoms with Crippen LogP contribution in [0.4, 0.5) is 0 Å². The zero-order chi connectivity index (χ0) is 22.8. The van der Waals surface area contributed by atoms with Crippen LogP contribution in [0, 0.1) is 13.8 Å². The van der Waals surface area contributed by atoms with Crippen LogP contribution in [0.5, 0.6) is 0 Å². The number of benzene rings is 1. The van der Waals surface area contributed by atoms with Crippen molar-refractivity contribution in [2.75, 3.05) is 20.3 Å². The fourth-order valence-corrected chi connectivity index (χ4v) is 4.84. The molecule has 0 unspecified atom stereocenters. The van der Waals surface area contributed by atoms with Crippen LogP contribution in [0.3, 0.4) is 0 Å². The lowest BCUT2D eigenvalue weighted by Crippen LogP contribution is -2.20. The molecular formula is C21H25ClN2O6S. The molecule has 2 heterocycles. The van der Waals surface area contributed by atoms with Crippen molar-refractivity contribution >= 4 is 33.4 Å². The zero-order valence-electron chi connectivity index (χ0n) is 17.6. The van der Waals surface area contributed by atoms with Gasteiger partial charge in [-0.15, -0.1) is 0 Å². The fraction of sp³-hybridized carbons (Fsp3) is 0.429. The highest BCUT2D eigenvalue weighted by Crippen LogP contribution is 2.23. The van der Waals surface area contributed by atoms with Gasteiger partial charge in [0.05, 0.1) is 16.7 Å². The first-order valence-electron chi connectivity index (χ1n) is 9.85. The number of Topliss-reactive ketones (excluding diaryl/α,β-unsaturated/α-hetero) is 1. The Balaban J connectivity index is 1.70. The summed E-state index contributed by atoms with van der Waals surface area (Å²) in [6.45, 7) is 4.75. The Morgan fingerprint density at radius 2 is 2.03 bits per heavy atom. The van der Waals surface area contributed by atoms with E-state index in [1.54, 1.807) is 6.07 Å². The predicted octanol–water partition coefficient (Wildman–Crippen LogP) is 2.89. The Morgan fingerprint density at radius 3 is 2.68 bits per heavy atom. The molecule has 1 aliphatic rings. The molecule has 3 rings (SSSR count). The summed E-state index contributed by atoms with van der Waals surface area (Å²) in [5.41, 5.74) is 2.19. The first kappa shape index (κ1) is 23.5. The van der Waals surface area contributed by atoms with Gasteiger partial charge in [-0.3, -0.25) is 4.79 Å². The van der Waals surface area contributed by atoms with E-state index >= 15 is 0 Å². The zero-order valence-corrected chi connectivity index (χ0v) is 19.2. The van der Waals surface area contributed by atoms with Crippen molar-refractivity contribution in [3.63, 3.8) is 0 Å². The molecule has 1 saturated heterocycles. The Morgan fingerprint density at radius 1 is 1.29 bits per heavy atom. The number of hydrogen-bond acceptors (Lipinski definition) is 6. The number of halogens is 1. The molecule has 1 aliphatic heterocycles. The van der Waals surface area contributed by atoms with Gasteiger partial charge in [0.2, 0.25) is 15.8 Å². The molecular weight excluding hydrogens is 444 g/mol. The molecule has 8 nitrogen and oxygen atoms in total. The summed E-state index contributed by atoms with van der Waals surface area (Å²) in [6.07, 6.45) is 2.16. The van der Waals surface area contributed by atoms with Crippen molar-refractivity contribution in [3.05, 3.63) is 51.8 Å². The van der Waals surface area contributed by atoms with Crippen molar-refractivity contribution in [1.82, 2.24) is 9.29 Å². The van der Waals surface area contributed by atoms with Gasteiger partial charge >= 0.3 is 5.97 Å². The molecule has 0 bridgehead atoms. The largest absolute Gasteiger partial charge is 0.454 e. The Labute approximate surface area is 186 Å². The number of esters is 1. The van der Waals surface area contributed by atoms with Crippen molar-refractivity contribution in [2.24, 2.45) is 0 Å². The highest BCUT2D eigenvalue weighted by molar-refractivity contribution is 7.89. The fourth-order valence-electron chi connectivity index (χ4n) is 3.59. The average molecular weight is 469 g/mol. The van der Waals surface area contributed by atoms with Crippen LogP contribution < -0.4 is 4.72 Å². The van der Waals surface area contributed by atoms with E-state index in [9.17, 15) is 18.0 Å². The molecule has 10 heteroatoms. The highest BCUT2D eigenvalue weighted by atomic mass is 35.5. The van der Waals surface area contributed by atoms with Gasteiger partial charge in [-0.25, -0.2) is 17.9 Å². The number of carbonyl (C=O) groups is 2. The van der Waals surface area contributed by atoms with E-state index < -0.39 is 22.6 Å². The van der Waals surface area contributed by atoms with E-state index in [0.717, 1.165) is 36.9 Å². The molecule has 0 radical (unpaired) electrons. The lowest BCUT2D eigenvalue weighted by molar-refractivity contribution is 0.0474. The monoisotopic (exact) mass is 468 g/mol. The van der Waals surface area contributed by atoms with Gasteiger partial charge in [0, 0.05) is 30.1 Å². The van der Waals surface area contributed by atoms with Crippen LogP contribution in [0.25, 0.3) is 0 Å². The van der Waals surface area contributed by atoms with Crippen molar-refractivity contribution < 1.29 is 27.5 Å². The van der Waals surface area contributed by atoms with Crippen LogP contribution in [-0.2, 0) is 26.0 Å². The topological polar surface area (TPSA) is 104 Å². The predicted molar refractivity (Wildman–Crippen MR) is 115 cm³/mol. The van der Waals surface area contributed by atoms with Crippen molar-refractivity contribution in [2.45, 2.75) is 44.2 Å². The molecule has 1 aromatic heterocycles. The van der Waals surface area contributed by atoms with Gasteiger partial charge in [0.1, 0.15) is 4.90 Å². The number of ketones is 1. The van der Waals surface area contributed by atoms with E-state index in [4.69, 9.17) is 21.1 Å². The third-order valence-corrected chi connectivity index (χ3v) is 7.24. The summed E-state index contributed by atoms with van der Waals surface area (Å²) in [4.78, 5) is 24.8. The number of nitrogens with zero attached hydrogens (tertiary/aromatic N) is 1. The molecule has 0 saturated carbocycles. The lowest BCUT2D eigenvalue weighted by Gasteiger charge is -2.14. The molecule has 2 aromatic rings. The number of ether oxygens (including phenoxy) is 2. The number of aromatic nitrogens is 1. The van der Waals surface area contributed by atoms with Gasteiger partial charge in [-0.1, -0.05) is 11.6 Å². The molecule has 31 heavy (non-hydrogen) atoms. The SMILES string of the molecule is CNS(=O)(=O)c1cc(C(=O)OCC(=O)c2cc(C)n(C[C@@H]3CCCO3)c2C)ccc1Cl. The first-order chi connectivity index (χ1) is 14.6. The van der Waals surface area contributed by atoms with E-state index in [2.05, 4.69) is 4.72 Å². The summed E-state index contributed by atoms with van der Waals surface area (Å²) in [5, 5.41) is -0.0272. The molecule has 1 atom stereocenters. The molecule has 0 aliphatic carbocycles. The average Bonchev–Trinajstić information content (AvgIpc) is 3.35. The number of rotatable bonds is 8. The third kappa shape index (κ3) is 5.17. The summed E-state index contributed by atoms with van der Waals surface area (Å²) in [6, 6.07) is 5.54. The molecule has 1 aromatic carbocycles. The standard InChI is InChI=1S/C21H25ClN2O6S/c1-13-9-17(14(2)24(13)11-16-5-4-8-29-16)19(25)12-30-21(26)15-6-7-18(22)20(10-15)31(27,28)23-3/h6-7,9-10,16,23H,4-5,8,11-12H2,1-3H3/t16-/m0/s1. The summed E-state index contributed by atoms with van der Waals surface area (Å²) >= 11 is 5.93. The summed E-state index contributed by atoms with van der Waals surface area (Å²) in [7, 11) is -2.61. The highest BCUT2D eigenvalue weighted by Gasteiger charge is 2.23. The van der Waals surface area contributed by atoms with Gasteiger partial charge in [0.25, 0.3) is 0 Å². The van der Waals surface area contributed by atoms with Crippen LogP contribution in [0.15, 0.2) is 29.2 Å². The van der Waals surface area contributed by atoms with Crippen molar-refractivity contribution in [3.8, 4) is 0 Å². The second kappa shape index (κ2) is 9.52. The number of nitrogens with one attached hydrogen (secondary N) is 1. The normalized spacial score (nSPS) is 16.5. The van der Waals surface area contributed by atoms with E-state index in [0.29, 0.717) is 12.1 Å². The molecule has 1 fully saturated rings. The minimum Gasteiger partial charge on any atom is -0.454 e.